The summed E-state index contributed by atoms with van der Waals surface area (Å²) in [7, 11) is 4.02. The second-order valence-electron chi connectivity index (χ2n) is 8.71. The molecule has 0 amide bonds. The lowest BCUT2D eigenvalue weighted by Gasteiger charge is -2.19. The first-order valence-electron chi connectivity index (χ1n) is 12.7. The number of fused-ring (bicyclic) bond motifs is 1. The van der Waals surface area contributed by atoms with E-state index in [2.05, 4.69) is 100 Å². The first-order valence-corrected chi connectivity index (χ1v) is 14.1. The minimum Gasteiger partial charge on any atom is -0.329 e. The van der Waals surface area contributed by atoms with Crippen molar-refractivity contribution in [3.63, 3.8) is 0 Å². The topological polar surface area (TPSA) is 70.9 Å². The first-order chi connectivity index (χ1) is 18.5. The van der Waals surface area contributed by atoms with Crippen LogP contribution in [0.5, 0.6) is 0 Å². The largest absolute Gasteiger partial charge is 0.329 e. The fourth-order valence-corrected chi connectivity index (χ4v) is 4.51. The van der Waals surface area contributed by atoms with E-state index in [1.54, 1.807) is 6.20 Å². The van der Waals surface area contributed by atoms with Crippen molar-refractivity contribution in [2.75, 3.05) is 28.8 Å². The number of imidazole rings is 1. The average molecular weight is 526 g/mol. The van der Waals surface area contributed by atoms with Crippen molar-refractivity contribution in [1.82, 2.24) is 19.5 Å². The van der Waals surface area contributed by atoms with Crippen LogP contribution < -0.4 is 15.5 Å². The lowest BCUT2D eigenvalue weighted by Crippen LogP contribution is -2.12. The van der Waals surface area contributed by atoms with E-state index in [1.165, 1.54) is 11.1 Å². The highest BCUT2D eigenvalue weighted by Crippen LogP contribution is 2.29. The molecule has 38 heavy (non-hydrogen) atoms. The molecule has 196 valence electrons. The summed E-state index contributed by atoms with van der Waals surface area (Å²) < 4.78 is 2.07. The standard InChI is InChI=1S/C28H29N7S.C2H6/c1-19-5-9-22(10-6-19)31-28-32-24-17-23(13-14-25(24)35(28)3)34(2)26-15-16-29-27(33-26)30-21-11-7-20(8-12-21)18-36-4;1-2/h5-17H,18H2,1-4H3,(H,31,32)(H,29,30,33);1-2H3. The predicted molar refractivity (Wildman–Crippen MR) is 164 cm³/mol. The molecule has 0 saturated carbocycles. The summed E-state index contributed by atoms with van der Waals surface area (Å²) in [6.07, 6.45) is 3.88. The molecule has 5 rings (SSSR count). The van der Waals surface area contributed by atoms with Gasteiger partial charge in [0.15, 0.2) is 0 Å². The fraction of sp³-hybridized carbons (Fsp3) is 0.233. The van der Waals surface area contributed by atoms with E-state index in [4.69, 9.17) is 9.97 Å². The van der Waals surface area contributed by atoms with Crippen molar-refractivity contribution in [2.45, 2.75) is 26.5 Å². The van der Waals surface area contributed by atoms with Gasteiger partial charge in [0, 0.05) is 43.1 Å². The number of anilines is 6. The second-order valence-corrected chi connectivity index (χ2v) is 9.58. The average Bonchev–Trinajstić information content (AvgIpc) is 3.26. The third-order valence-corrected chi connectivity index (χ3v) is 6.69. The van der Waals surface area contributed by atoms with E-state index in [1.807, 2.05) is 50.7 Å². The molecule has 0 aliphatic carbocycles. The summed E-state index contributed by atoms with van der Waals surface area (Å²) in [6.45, 7) is 6.08. The number of nitrogens with zero attached hydrogens (tertiary/aromatic N) is 5. The number of benzene rings is 3. The number of nitrogens with one attached hydrogen (secondary N) is 2. The molecular weight excluding hydrogens is 490 g/mol. The molecule has 0 fully saturated rings. The van der Waals surface area contributed by atoms with Gasteiger partial charge in [0.1, 0.15) is 5.82 Å². The fourth-order valence-electron chi connectivity index (χ4n) is 3.98. The summed E-state index contributed by atoms with van der Waals surface area (Å²) in [5, 5.41) is 6.73. The zero-order valence-electron chi connectivity index (χ0n) is 22.9. The highest BCUT2D eigenvalue weighted by atomic mass is 32.2. The van der Waals surface area contributed by atoms with Gasteiger partial charge in [-0.3, -0.25) is 0 Å². The Morgan fingerprint density at radius 3 is 2.26 bits per heavy atom. The van der Waals surface area contributed by atoms with E-state index in [-0.39, 0.29) is 0 Å². The van der Waals surface area contributed by atoms with Crippen LogP contribution >= 0.6 is 11.8 Å². The van der Waals surface area contributed by atoms with E-state index < -0.39 is 0 Å². The monoisotopic (exact) mass is 525 g/mol. The van der Waals surface area contributed by atoms with Crippen LogP contribution in [0.1, 0.15) is 25.0 Å². The van der Waals surface area contributed by atoms with Gasteiger partial charge < -0.3 is 20.1 Å². The number of hydrogen-bond acceptors (Lipinski definition) is 7. The number of hydrogen-bond donors (Lipinski definition) is 2. The Balaban J connectivity index is 0.00000164. The molecule has 0 saturated heterocycles. The molecule has 8 heteroatoms. The van der Waals surface area contributed by atoms with Crippen molar-refractivity contribution < 1.29 is 0 Å². The van der Waals surface area contributed by atoms with Crippen molar-refractivity contribution in [3.05, 3.63) is 90.1 Å². The molecule has 0 spiro atoms. The predicted octanol–water partition coefficient (Wildman–Crippen LogP) is 7.82. The minimum atomic E-state index is 0.556. The Morgan fingerprint density at radius 1 is 0.868 bits per heavy atom. The highest BCUT2D eigenvalue weighted by molar-refractivity contribution is 7.97. The van der Waals surface area contributed by atoms with Gasteiger partial charge in [-0.2, -0.15) is 16.7 Å². The maximum Gasteiger partial charge on any atom is 0.229 e. The van der Waals surface area contributed by atoms with Crippen LogP contribution in [0.3, 0.4) is 0 Å². The van der Waals surface area contributed by atoms with Crippen LogP contribution in [0.15, 0.2) is 79.0 Å². The Hall–Kier alpha value is -4.04. The third-order valence-electron chi connectivity index (χ3n) is 6.07. The Kier molecular flexibility index (Phi) is 8.86. The summed E-state index contributed by atoms with van der Waals surface area (Å²) >= 11 is 1.81. The molecule has 0 unspecified atom stereocenters. The summed E-state index contributed by atoms with van der Waals surface area (Å²) in [4.78, 5) is 16.0. The maximum absolute atomic E-state index is 4.84. The van der Waals surface area contributed by atoms with Crippen LogP contribution in [0.4, 0.5) is 34.8 Å². The van der Waals surface area contributed by atoms with Gasteiger partial charge >= 0.3 is 0 Å². The first kappa shape index (κ1) is 27.0. The summed E-state index contributed by atoms with van der Waals surface area (Å²) in [5.41, 5.74) is 7.45. The maximum atomic E-state index is 4.84. The number of rotatable bonds is 8. The Labute approximate surface area is 229 Å². The molecule has 0 aliphatic heterocycles. The van der Waals surface area contributed by atoms with E-state index >= 15 is 0 Å². The Morgan fingerprint density at radius 2 is 1.55 bits per heavy atom. The van der Waals surface area contributed by atoms with Gasteiger partial charge in [-0.15, -0.1) is 0 Å². The van der Waals surface area contributed by atoms with Crippen LogP contribution in [0, 0.1) is 6.92 Å². The molecule has 2 aromatic heterocycles. The molecule has 2 heterocycles. The molecule has 3 aromatic carbocycles. The van der Waals surface area contributed by atoms with E-state index in [9.17, 15) is 0 Å². The van der Waals surface area contributed by atoms with Crippen molar-refractivity contribution >= 4 is 57.6 Å². The van der Waals surface area contributed by atoms with E-state index in [0.717, 1.165) is 45.6 Å². The van der Waals surface area contributed by atoms with Crippen molar-refractivity contribution in [3.8, 4) is 0 Å². The lowest BCUT2D eigenvalue weighted by molar-refractivity contribution is 0.958. The van der Waals surface area contributed by atoms with Gasteiger partial charge in [-0.25, -0.2) is 9.97 Å². The van der Waals surface area contributed by atoms with E-state index in [0.29, 0.717) is 5.95 Å². The SMILES string of the molecule is CC.CSCc1ccc(Nc2nccc(N(C)c3ccc4c(c3)nc(Nc3ccc(C)cc3)n4C)n2)cc1. The molecule has 2 N–H and O–H groups in total. The number of aryl methyl sites for hydroxylation is 2. The zero-order valence-corrected chi connectivity index (χ0v) is 23.7. The quantitative estimate of drug-likeness (QED) is 0.214. The number of thioether (sulfide) groups is 1. The van der Waals surface area contributed by atoms with Gasteiger partial charge in [-0.1, -0.05) is 43.7 Å². The third kappa shape index (κ3) is 6.26. The van der Waals surface area contributed by atoms with Gasteiger partial charge in [-0.05, 0) is 67.3 Å². The normalized spacial score (nSPS) is 10.6. The summed E-state index contributed by atoms with van der Waals surface area (Å²) in [6, 6.07) is 24.8. The second kappa shape index (κ2) is 12.5. The molecule has 5 aromatic rings. The Bertz CT molecular complexity index is 1480. The molecule has 0 atom stereocenters. The molecule has 7 nitrogen and oxygen atoms in total. The van der Waals surface area contributed by atoms with Gasteiger partial charge in [0.2, 0.25) is 11.9 Å². The van der Waals surface area contributed by atoms with Gasteiger partial charge in [0.25, 0.3) is 0 Å². The molecule has 0 bridgehead atoms. The zero-order chi connectivity index (χ0) is 27.1. The number of aromatic nitrogens is 4. The van der Waals surface area contributed by atoms with Crippen molar-refractivity contribution in [2.24, 2.45) is 7.05 Å². The molecule has 0 radical (unpaired) electrons. The van der Waals surface area contributed by atoms with Crippen LogP contribution in [0.25, 0.3) is 11.0 Å². The summed E-state index contributed by atoms with van der Waals surface area (Å²) in [5.74, 6) is 3.15. The van der Waals surface area contributed by atoms with Crippen molar-refractivity contribution in [1.29, 1.82) is 0 Å². The van der Waals surface area contributed by atoms with Gasteiger partial charge in [0.05, 0.1) is 11.0 Å². The molecule has 0 aliphatic rings. The minimum absolute atomic E-state index is 0.556. The highest BCUT2D eigenvalue weighted by Gasteiger charge is 2.13. The lowest BCUT2D eigenvalue weighted by atomic mass is 10.2. The van der Waals surface area contributed by atoms with Crippen LogP contribution in [0.2, 0.25) is 0 Å². The van der Waals surface area contributed by atoms with Crippen LogP contribution in [-0.2, 0) is 12.8 Å². The van der Waals surface area contributed by atoms with Crippen LogP contribution in [-0.4, -0.2) is 32.8 Å². The smallest absolute Gasteiger partial charge is 0.229 e. The molecular formula is C30H35N7S.